The van der Waals surface area contributed by atoms with Crippen molar-refractivity contribution >= 4 is 5.91 Å². The molecule has 110 valence electrons. The number of hydrogen-bond acceptors (Lipinski definition) is 3. The minimum absolute atomic E-state index is 0.0658. The normalized spacial score (nSPS) is 39.2. The van der Waals surface area contributed by atoms with Crippen molar-refractivity contribution in [2.45, 2.75) is 57.5 Å². The molecule has 0 spiro atoms. The summed E-state index contributed by atoms with van der Waals surface area (Å²) in [4.78, 5) is 12.2. The second kappa shape index (κ2) is 6.23. The zero-order valence-corrected chi connectivity index (χ0v) is 12.0. The summed E-state index contributed by atoms with van der Waals surface area (Å²) in [6.07, 6.45) is 6.84. The van der Waals surface area contributed by atoms with Crippen LogP contribution in [0.15, 0.2) is 0 Å². The number of hydrogen-bond donors (Lipinski definition) is 3. The average Bonchev–Trinajstić information content (AvgIpc) is 2.88. The van der Waals surface area contributed by atoms with Gasteiger partial charge in [-0.2, -0.15) is 0 Å². The average molecular weight is 268 g/mol. The second-order valence-corrected chi connectivity index (χ2v) is 6.66. The van der Waals surface area contributed by atoms with Crippen molar-refractivity contribution in [3.63, 3.8) is 0 Å². The molecule has 0 radical (unpaired) electrons. The van der Waals surface area contributed by atoms with Crippen molar-refractivity contribution in [2.24, 2.45) is 23.5 Å². The van der Waals surface area contributed by atoms with Gasteiger partial charge in [-0.1, -0.05) is 13.3 Å². The maximum atomic E-state index is 12.2. The predicted octanol–water partition coefficient (Wildman–Crippen LogP) is 1.42. The summed E-state index contributed by atoms with van der Waals surface area (Å²) in [7, 11) is 0. The van der Waals surface area contributed by atoms with Crippen LogP contribution in [0.25, 0.3) is 0 Å². The molecule has 2 aliphatic carbocycles. The summed E-state index contributed by atoms with van der Waals surface area (Å²) >= 11 is 0. The summed E-state index contributed by atoms with van der Waals surface area (Å²) in [5.41, 5.74) is 5.03. The van der Waals surface area contributed by atoms with Gasteiger partial charge in [0, 0.05) is 12.5 Å². The van der Waals surface area contributed by atoms with Crippen LogP contribution < -0.4 is 11.1 Å². The second-order valence-electron chi connectivity index (χ2n) is 6.66. The third-order valence-electron chi connectivity index (χ3n) is 5.10. The molecule has 4 N–H and O–H groups in total. The zero-order valence-electron chi connectivity index (χ0n) is 12.0. The van der Waals surface area contributed by atoms with Gasteiger partial charge in [0.1, 0.15) is 0 Å². The van der Waals surface area contributed by atoms with Crippen LogP contribution in [-0.4, -0.2) is 29.7 Å². The van der Waals surface area contributed by atoms with Gasteiger partial charge in [0.2, 0.25) is 5.91 Å². The quantitative estimate of drug-likeness (QED) is 0.722. The Morgan fingerprint density at radius 2 is 2.00 bits per heavy atom. The fraction of sp³-hybridized carbons (Fsp3) is 0.933. The van der Waals surface area contributed by atoms with Crippen LogP contribution in [-0.2, 0) is 4.79 Å². The number of carbonyl (C=O) groups is 1. The molecule has 0 saturated heterocycles. The molecule has 2 unspecified atom stereocenters. The van der Waals surface area contributed by atoms with Crippen molar-refractivity contribution in [3.05, 3.63) is 0 Å². The molecular formula is C15H28N2O2. The highest BCUT2D eigenvalue weighted by Crippen LogP contribution is 2.33. The van der Waals surface area contributed by atoms with Crippen LogP contribution in [0.3, 0.4) is 0 Å². The summed E-state index contributed by atoms with van der Waals surface area (Å²) < 4.78 is 0. The first-order valence-electron chi connectivity index (χ1n) is 7.74. The summed E-state index contributed by atoms with van der Waals surface area (Å²) in [6, 6.07) is 0. The van der Waals surface area contributed by atoms with Crippen molar-refractivity contribution in [1.29, 1.82) is 0 Å². The van der Waals surface area contributed by atoms with Gasteiger partial charge < -0.3 is 16.2 Å². The monoisotopic (exact) mass is 268 g/mol. The van der Waals surface area contributed by atoms with Crippen LogP contribution in [0.2, 0.25) is 0 Å². The minimum Gasteiger partial charge on any atom is -0.388 e. The lowest BCUT2D eigenvalue weighted by Crippen LogP contribution is -2.47. The predicted molar refractivity (Wildman–Crippen MR) is 75.5 cm³/mol. The topological polar surface area (TPSA) is 75.3 Å². The highest BCUT2D eigenvalue weighted by atomic mass is 16.3. The SMILES string of the molecule is CC1CCC(O)(CNC(=O)C2CCCC2CN)CC1. The molecule has 2 atom stereocenters. The van der Waals surface area contributed by atoms with Gasteiger partial charge in [0.15, 0.2) is 0 Å². The molecule has 0 aliphatic heterocycles. The number of nitrogens with two attached hydrogens (primary N) is 1. The third-order valence-corrected chi connectivity index (χ3v) is 5.10. The first-order valence-corrected chi connectivity index (χ1v) is 7.74. The molecule has 0 aromatic heterocycles. The number of carbonyl (C=O) groups excluding carboxylic acids is 1. The molecule has 0 aromatic rings. The molecule has 2 saturated carbocycles. The summed E-state index contributed by atoms with van der Waals surface area (Å²) in [6.45, 7) is 3.23. The van der Waals surface area contributed by atoms with Crippen LogP contribution in [0, 0.1) is 17.8 Å². The van der Waals surface area contributed by atoms with E-state index in [9.17, 15) is 9.90 Å². The highest BCUT2D eigenvalue weighted by Gasteiger charge is 2.35. The lowest BCUT2D eigenvalue weighted by Gasteiger charge is -2.35. The Morgan fingerprint density at radius 3 is 2.63 bits per heavy atom. The Bertz CT molecular complexity index is 311. The lowest BCUT2D eigenvalue weighted by atomic mass is 9.79. The van der Waals surface area contributed by atoms with E-state index in [0.29, 0.717) is 24.9 Å². The third kappa shape index (κ3) is 3.69. The maximum Gasteiger partial charge on any atom is 0.223 e. The summed E-state index contributed by atoms with van der Waals surface area (Å²) in [5.74, 6) is 1.20. The van der Waals surface area contributed by atoms with Gasteiger partial charge in [0.05, 0.1) is 5.60 Å². The van der Waals surface area contributed by atoms with E-state index in [4.69, 9.17) is 5.73 Å². The first-order chi connectivity index (χ1) is 9.04. The highest BCUT2D eigenvalue weighted by molar-refractivity contribution is 5.79. The molecule has 0 bridgehead atoms. The van der Waals surface area contributed by atoms with Crippen LogP contribution in [0.5, 0.6) is 0 Å². The van der Waals surface area contributed by atoms with Gasteiger partial charge in [0.25, 0.3) is 0 Å². The molecule has 2 rings (SSSR count). The van der Waals surface area contributed by atoms with Crippen LogP contribution in [0.4, 0.5) is 0 Å². The smallest absolute Gasteiger partial charge is 0.223 e. The van der Waals surface area contributed by atoms with E-state index in [0.717, 1.165) is 44.9 Å². The van der Waals surface area contributed by atoms with E-state index in [1.165, 1.54) is 0 Å². The standard InChI is InChI=1S/C15H28N2O2/c1-11-5-7-15(19,8-6-11)10-17-14(18)13-4-2-3-12(13)9-16/h11-13,19H,2-10,16H2,1H3,(H,17,18). The Labute approximate surface area is 116 Å². The van der Waals surface area contributed by atoms with E-state index in [1.54, 1.807) is 0 Å². The van der Waals surface area contributed by atoms with E-state index in [-0.39, 0.29) is 11.8 Å². The molecule has 0 heterocycles. The van der Waals surface area contributed by atoms with Crippen LogP contribution in [0.1, 0.15) is 51.9 Å². The van der Waals surface area contributed by atoms with E-state index >= 15 is 0 Å². The van der Waals surface area contributed by atoms with E-state index in [2.05, 4.69) is 12.2 Å². The summed E-state index contributed by atoms with van der Waals surface area (Å²) in [5, 5.41) is 13.4. The van der Waals surface area contributed by atoms with Crippen molar-refractivity contribution < 1.29 is 9.90 Å². The molecule has 2 aliphatic rings. The molecule has 4 nitrogen and oxygen atoms in total. The van der Waals surface area contributed by atoms with Gasteiger partial charge in [-0.25, -0.2) is 0 Å². The molecule has 4 heteroatoms. The zero-order chi connectivity index (χ0) is 13.9. The largest absolute Gasteiger partial charge is 0.388 e. The molecule has 1 amide bonds. The molecule has 0 aromatic carbocycles. The Balaban J connectivity index is 1.80. The van der Waals surface area contributed by atoms with Crippen molar-refractivity contribution in [3.8, 4) is 0 Å². The van der Waals surface area contributed by atoms with E-state index in [1.807, 2.05) is 0 Å². The van der Waals surface area contributed by atoms with Crippen molar-refractivity contribution in [1.82, 2.24) is 5.32 Å². The minimum atomic E-state index is -0.682. The lowest BCUT2D eigenvalue weighted by molar-refractivity contribution is -0.127. The number of rotatable bonds is 4. The molecule has 2 fully saturated rings. The Morgan fingerprint density at radius 1 is 1.32 bits per heavy atom. The first kappa shape index (κ1) is 14.8. The Hall–Kier alpha value is -0.610. The molecule has 19 heavy (non-hydrogen) atoms. The maximum absolute atomic E-state index is 12.2. The van der Waals surface area contributed by atoms with Gasteiger partial charge in [-0.15, -0.1) is 0 Å². The van der Waals surface area contributed by atoms with Gasteiger partial charge in [-0.3, -0.25) is 4.79 Å². The number of aliphatic hydroxyl groups is 1. The van der Waals surface area contributed by atoms with Crippen LogP contribution >= 0.6 is 0 Å². The van der Waals surface area contributed by atoms with E-state index < -0.39 is 5.60 Å². The Kier molecular flexibility index (Phi) is 4.85. The number of amides is 1. The van der Waals surface area contributed by atoms with Crippen molar-refractivity contribution in [2.75, 3.05) is 13.1 Å². The van der Waals surface area contributed by atoms with Gasteiger partial charge >= 0.3 is 0 Å². The van der Waals surface area contributed by atoms with Gasteiger partial charge in [-0.05, 0) is 56.9 Å². The number of nitrogens with one attached hydrogen (secondary N) is 1. The molecular weight excluding hydrogens is 240 g/mol. The fourth-order valence-corrected chi connectivity index (χ4v) is 3.52. The fourth-order valence-electron chi connectivity index (χ4n) is 3.52.